The van der Waals surface area contributed by atoms with Crippen molar-refractivity contribution in [3.05, 3.63) is 35.4 Å². The summed E-state index contributed by atoms with van der Waals surface area (Å²) in [4.78, 5) is 26.0. The van der Waals surface area contributed by atoms with Gasteiger partial charge in [0.15, 0.2) is 0 Å². The highest BCUT2D eigenvalue weighted by atomic mass is 16.6. The van der Waals surface area contributed by atoms with Crippen LogP contribution in [0.15, 0.2) is 24.3 Å². The van der Waals surface area contributed by atoms with E-state index in [4.69, 9.17) is 10.2 Å². The lowest BCUT2D eigenvalue weighted by molar-refractivity contribution is -0.143. The van der Waals surface area contributed by atoms with Crippen molar-refractivity contribution in [2.45, 2.75) is 12.5 Å². The van der Waals surface area contributed by atoms with Gasteiger partial charge in [-0.25, -0.2) is 4.79 Å². The maximum Gasteiger partial charge on any atom is 0.335 e. The molecule has 0 spiro atoms. The summed E-state index contributed by atoms with van der Waals surface area (Å²) in [6.07, 6.45) is 0.211. The number of carboxylic acid groups (broad SMARTS) is 2. The summed E-state index contributed by atoms with van der Waals surface area (Å²) < 4.78 is 0. The molecule has 0 radical (unpaired) electrons. The number of rotatable bonds is 6. The second kappa shape index (κ2) is 5.97. The second-order valence-electron chi connectivity index (χ2n) is 3.42. The topological polar surface area (TPSA) is 95.9 Å². The van der Waals surface area contributed by atoms with Gasteiger partial charge in [-0.15, -0.1) is 0 Å². The first-order valence-corrected chi connectivity index (χ1v) is 4.88. The number of benzene rings is 1. The van der Waals surface area contributed by atoms with Crippen LogP contribution in [0.4, 0.5) is 0 Å². The van der Waals surface area contributed by atoms with Crippen LogP contribution >= 0.6 is 0 Å². The first-order chi connectivity index (χ1) is 8.04. The largest absolute Gasteiger partial charge is 0.480 e. The standard InChI is InChI=1S/C11H13NO5/c1-17-12-9(11(15)16)6-7-2-4-8(5-3-7)10(13)14/h2-5,9,12H,6H2,1H3,(H,13,14)(H,15,16). The minimum atomic E-state index is -1.03. The zero-order chi connectivity index (χ0) is 12.8. The minimum absolute atomic E-state index is 0.167. The van der Waals surface area contributed by atoms with E-state index in [0.29, 0.717) is 5.56 Å². The molecule has 92 valence electrons. The fourth-order valence-electron chi connectivity index (χ4n) is 1.34. The number of hydrogen-bond donors (Lipinski definition) is 3. The predicted molar refractivity (Wildman–Crippen MR) is 58.7 cm³/mol. The summed E-state index contributed by atoms with van der Waals surface area (Å²) >= 11 is 0. The van der Waals surface area contributed by atoms with Crippen LogP contribution in [0.5, 0.6) is 0 Å². The van der Waals surface area contributed by atoms with Crippen molar-refractivity contribution in [3.8, 4) is 0 Å². The number of aromatic carboxylic acids is 1. The van der Waals surface area contributed by atoms with Crippen LogP contribution < -0.4 is 5.48 Å². The van der Waals surface area contributed by atoms with Crippen molar-refractivity contribution in [1.29, 1.82) is 0 Å². The van der Waals surface area contributed by atoms with Gasteiger partial charge < -0.3 is 15.1 Å². The molecule has 6 nitrogen and oxygen atoms in total. The van der Waals surface area contributed by atoms with Crippen molar-refractivity contribution in [3.63, 3.8) is 0 Å². The van der Waals surface area contributed by atoms with Crippen LogP contribution in [-0.4, -0.2) is 35.3 Å². The average Bonchev–Trinajstić information content (AvgIpc) is 2.29. The Labute approximate surface area is 97.8 Å². The van der Waals surface area contributed by atoms with Crippen molar-refractivity contribution >= 4 is 11.9 Å². The molecule has 0 fully saturated rings. The lowest BCUT2D eigenvalue weighted by atomic mass is 10.0. The van der Waals surface area contributed by atoms with Crippen molar-refractivity contribution in [1.82, 2.24) is 5.48 Å². The van der Waals surface area contributed by atoms with Crippen LogP contribution in [0.1, 0.15) is 15.9 Å². The molecule has 0 saturated carbocycles. The first-order valence-electron chi connectivity index (χ1n) is 4.88. The summed E-state index contributed by atoms with van der Waals surface area (Å²) in [5.74, 6) is -2.05. The second-order valence-corrected chi connectivity index (χ2v) is 3.42. The van der Waals surface area contributed by atoms with Crippen LogP contribution in [0.3, 0.4) is 0 Å². The highest BCUT2D eigenvalue weighted by Crippen LogP contribution is 2.07. The number of nitrogens with one attached hydrogen (secondary N) is 1. The molecule has 1 aromatic carbocycles. The Morgan fingerprint density at radius 2 is 1.88 bits per heavy atom. The van der Waals surface area contributed by atoms with Crippen LogP contribution in [0.25, 0.3) is 0 Å². The summed E-state index contributed by atoms with van der Waals surface area (Å²) in [6, 6.07) is 5.16. The van der Waals surface area contributed by atoms with Crippen LogP contribution in [-0.2, 0) is 16.1 Å². The molecular weight excluding hydrogens is 226 g/mol. The highest BCUT2D eigenvalue weighted by molar-refractivity contribution is 5.87. The van der Waals surface area contributed by atoms with E-state index >= 15 is 0 Å². The van der Waals surface area contributed by atoms with E-state index in [1.54, 1.807) is 12.1 Å². The predicted octanol–water partition coefficient (Wildman–Crippen LogP) is 0.531. The third-order valence-corrected chi connectivity index (χ3v) is 2.20. The van der Waals surface area contributed by atoms with Gasteiger partial charge in [-0.1, -0.05) is 12.1 Å². The number of hydrogen-bond acceptors (Lipinski definition) is 4. The summed E-state index contributed by atoms with van der Waals surface area (Å²) in [7, 11) is 1.34. The Morgan fingerprint density at radius 3 is 2.29 bits per heavy atom. The number of hydroxylamine groups is 1. The molecule has 1 aromatic rings. The molecule has 0 aliphatic carbocycles. The van der Waals surface area contributed by atoms with Crippen LogP contribution in [0, 0.1) is 0 Å². The molecule has 1 rings (SSSR count). The van der Waals surface area contributed by atoms with E-state index in [2.05, 4.69) is 10.3 Å². The Bertz CT molecular complexity index is 401. The third kappa shape index (κ3) is 3.86. The normalized spacial score (nSPS) is 12.1. The lowest BCUT2D eigenvalue weighted by Gasteiger charge is -2.12. The first kappa shape index (κ1) is 13.1. The molecule has 0 amide bonds. The molecule has 0 aromatic heterocycles. The van der Waals surface area contributed by atoms with Crippen LogP contribution in [0.2, 0.25) is 0 Å². The average molecular weight is 239 g/mol. The molecule has 0 heterocycles. The molecular formula is C11H13NO5. The molecule has 17 heavy (non-hydrogen) atoms. The van der Waals surface area contributed by atoms with Crippen molar-refractivity contribution in [2.75, 3.05) is 7.11 Å². The summed E-state index contributed by atoms with van der Waals surface area (Å²) in [5.41, 5.74) is 3.23. The van der Waals surface area contributed by atoms with Gasteiger partial charge in [0, 0.05) is 6.42 Å². The molecule has 0 bridgehead atoms. The minimum Gasteiger partial charge on any atom is -0.480 e. The number of aliphatic carboxylic acids is 1. The highest BCUT2D eigenvalue weighted by Gasteiger charge is 2.17. The van der Waals surface area contributed by atoms with Gasteiger partial charge in [0.2, 0.25) is 0 Å². The summed E-state index contributed by atoms with van der Waals surface area (Å²) in [5, 5.41) is 17.6. The van der Waals surface area contributed by atoms with E-state index in [1.807, 2.05) is 0 Å². The van der Waals surface area contributed by atoms with Gasteiger partial charge in [-0.2, -0.15) is 5.48 Å². The fourth-order valence-corrected chi connectivity index (χ4v) is 1.34. The van der Waals surface area contributed by atoms with Crippen molar-refractivity contribution in [2.24, 2.45) is 0 Å². The number of carbonyl (C=O) groups is 2. The lowest BCUT2D eigenvalue weighted by Crippen LogP contribution is -2.37. The zero-order valence-electron chi connectivity index (χ0n) is 9.21. The zero-order valence-corrected chi connectivity index (χ0v) is 9.21. The molecule has 3 N–H and O–H groups in total. The van der Waals surface area contributed by atoms with E-state index in [-0.39, 0.29) is 12.0 Å². The van der Waals surface area contributed by atoms with E-state index in [9.17, 15) is 9.59 Å². The summed E-state index contributed by atoms with van der Waals surface area (Å²) in [6.45, 7) is 0. The molecule has 0 saturated heterocycles. The van der Waals surface area contributed by atoms with E-state index < -0.39 is 18.0 Å². The third-order valence-electron chi connectivity index (χ3n) is 2.20. The molecule has 1 unspecified atom stereocenters. The Morgan fingerprint density at radius 1 is 1.29 bits per heavy atom. The maximum absolute atomic E-state index is 10.8. The van der Waals surface area contributed by atoms with Gasteiger partial charge >= 0.3 is 11.9 Å². The molecule has 0 aliphatic heterocycles. The Kier molecular flexibility index (Phi) is 4.62. The quantitative estimate of drug-likeness (QED) is 0.627. The van der Waals surface area contributed by atoms with Gasteiger partial charge in [0.05, 0.1) is 12.7 Å². The smallest absolute Gasteiger partial charge is 0.335 e. The Balaban J connectivity index is 2.73. The van der Waals surface area contributed by atoms with E-state index in [0.717, 1.165) is 0 Å². The molecule has 0 aliphatic rings. The van der Waals surface area contributed by atoms with Gasteiger partial charge in [-0.3, -0.25) is 4.79 Å². The monoisotopic (exact) mass is 239 g/mol. The van der Waals surface area contributed by atoms with Gasteiger partial charge in [0.1, 0.15) is 6.04 Å². The molecule has 1 atom stereocenters. The Hall–Kier alpha value is -1.92. The molecule has 6 heteroatoms. The fraction of sp³-hybridized carbons (Fsp3) is 0.273. The van der Waals surface area contributed by atoms with Gasteiger partial charge in [-0.05, 0) is 17.7 Å². The number of carboxylic acids is 2. The maximum atomic E-state index is 10.8. The van der Waals surface area contributed by atoms with E-state index in [1.165, 1.54) is 19.2 Å². The SMILES string of the molecule is CONC(Cc1ccc(C(=O)O)cc1)C(=O)O. The van der Waals surface area contributed by atoms with Crippen molar-refractivity contribution < 1.29 is 24.6 Å². The van der Waals surface area contributed by atoms with Gasteiger partial charge in [0.25, 0.3) is 0 Å².